The Hall–Kier alpha value is -1.43. The largest absolute Gasteiger partial charge is 0.388 e. The van der Waals surface area contributed by atoms with Crippen LogP contribution in [0.25, 0.3) is 0 Å². The van der Waals surface area contributed by atoms with Crippen molar-refractivity contribution >= 4 is 5.91 Å². The van der Waals surface area contributed by atoms with Crippen molar-refractivity contribution in [2.75, 3.05) is 19.6 Å². The zero-order valence-corrected chi connectivity index (χ0v) is 12.7. The lowest BCUT2D eigenvalue weighted by molar-refractivity contribution is -0.131. The molecule has 0 spiro atoms. The van der Waals surface area contributed by atoms with Crippen LogP contribution in [0, 0.1) is 0 Å². The summed E-state index contributed by atoms with van der Waals surface area (Å²) < 4.78 is 0. The monoisotopic (exact) mass is 304 g/mol. The maximum Gasteiger partial charge on any atom is 0.223 e. The van der Waals surface area contributed by atoms with Crippen molar-refractivity contribution in [2.45, 2.75) is 43.4 Å². The number of nitrogens with one attached hydrogen (secondary N) is 1. The van der Waals surface area contributed by atoms with Crippen LogP contribution in [-0.4, -0.2) is 58.4 Å². The van der Waals surface area contributed by atoms with Gasteiger partial charge in [0.2, 0.25) is 5.91 Å². The predicted molar refractivity (Wildman–Crippen MR) is 83.3 cm³/mol. The van der Waals surface area contributed by atoms with Gasteiger partial charge in [0.25, 0.3) is 0 Å². The summed E-state index contributed by atoms with van der Waals surface area (Å²) in [5.74, 6) is -0.00903. The molecule has 0 radical (unpaired) electrons. The normalized spacial score (nSPS) is 28.1. The molecule has 1 aliphatic carbocycles. The summed E-state index contributed by atoms with van der Waals surface area (Å²) in [5, 5.41) is 23.9. The van der Waals surface area contributed by atoms with Gasteiger partial charge >= 0.3 is 0 Å². The number of amides is 1. The predicted octanol–water partition coefficient (Wildman–Crippen LogP) is 0.305. The first-order chi connectivity index (χ1) is 10.6. The highest BCUT2D eigenvalue weighted by Crippen LogP contribution is 2.25. The summed E-state index contributed by atoms with van der Waals surface area (Å²) >= 11 is 0. The molecule has 1 aromatic rings. The average molecular weight is 304 g/mol. The summed E-state index contributed by atoms with van der Waals surface area (Å²) in [4.78, 5) is 13.9. The number of hydrogen-bond donors (Lipinski definition) is 3. The fraction of sp³-hybridized carbons (Fsp3) is 0.588. The van der Waals surface area contributed by atoms with Gasteiger partial charge in [-0.05, 0) is 24.8 Å². The molecule has 1 saturated carbocycles. The zero-order valence-electron chi connectivity index (χ0n) is 12.7. The van der Waals surface area contributed by atoms with Crippen molar-refractivity contribution < 1.29 is 15.0 Å². The molecular weight excluding hydrogens is 280 g/mol. The average Bonchev–Trinajstić information content (AvgIpc) is 3.30. The van der Waals surface area contributed by atoms with E-state index in [0.717, 1.165) is 18.4 Å². The van der Waals surface area contributed by atoms with Gasteiger partial charge in [-0.1, -0.05) is 30.3 Å². The van der Waals surface area contributed by atoms with Gasteiger partial charge in [-0.25, -0.2) is 0 Å². The number of benzene rings is 1. The van der Waals surface area contributed by atoms with E-state index in [2.05, 4.69) is 5.32 Å². The summed E-state index contributed by atoms with van der Waals surface area (Å²) in [6.07, 6.45) is 2.48. The highest BCUT2D eigenvalue weighted by atomic mass is 16.3. The lowest BCUT2D eigenvalue weighted by Gasteiger charge is -2.26. The van der Waals surface area contributed by atoms with E-state index in [1.54, 1.807) is 4.90 Å². The quantitative estimate of drug-likeness (QED) is 0.707. The van der Waals surface area contributed by atoms with Crippen LogP contribution in [0.4, 0.5) is 0 Å². The molecule has 0 unspecified atom stereocenters. The van der Waals surface area contributed by atoms with Gasteiger partial charge in [-0.2, -0.15) is 0 Å². The number of aryl methyl sites for hydroxylation is 1. The third kappa shape index (κ3) is 3.66. The van der Waals surface area contributed by atoms with E-state index in [0.29, 0.717) is 25.4 Å². The first-order valence-electron chi connectivity index (χ1n) is 8.02. The lowest BCUT2D eigenvalue weighted by atomic mass is 10.0. The summed E-state index contributed by atoms with van der Waals surface area (Å²) in [7, 11) is 0. The third-order valence-electron chi connectivity index (χ3n) is 4.58. The Morgan fingerprint density at radius 1 is 1.32 bits per heavy atom. The molecule has 1 aliphatic heterocycles. The number of carbonyl (C=O) groups excluding carboxylic acids is 1. The molecular formula is C17H24N2O3. The topological polar surface area (TPSA) is 72.8 Å². The molecule has 120 valence electrons. The molecule has 3 rings (SSSR count). The number of aliphatic hydroxyl groups excluding tert-OH is 1. The van der Waals surface area contributed by atoms with E-state index in [1.807, 2.05) is 30.3 Å². The van der Waals surface area contributed by atoms with E-state index in [1.165, 1.54) is 0 Å². The van der Waals surface area contributed by atoms with Gasteiger partial charge in [0.05, 0.1) is 6.54 Å². The molecule has 5 nitrogen and oxygen atoms in total. The van der Waals surface area contributed by atoms with Gasteiger partial charge in [-0.3, -0.25) is 4.79 Å². The number of rotatable bonds is 6. The maximum atomic E-state index is 12.3. The fourth-order valence-electron chi connectivity index (χ4n) is 2.91. The van der Waals surface area contributed by atoms with Gasteiger partial charge in [0, 0.05) is 25.6 Å². The Morgan fingerprint density at radius 3 is 2.73 bits per heavy atom. The van der Waals surface area contributed by atoms with Crippen LogP contribution in [0.5, 0.6) is 0 Å². The van der Waals surface area contributed by atoms with E-state index < -0.39 is 11.7 Å². The second-order valence-electron chi connectivity index (χ2n) is 6.53. The zero-order chi connectivity index (χ0) is 15.6. The molecule has 5 heteroatoms. The third-order valence-corrected chi connectivity index (χ3v) is 4.58. The molecule has 1 heterocycles. The smallest absolute Gasteiger partial charge is 0.223 e. The van der Waals surface area contributed by atoms with Crippen molar-refractivity contribution in [3.05, 3.63) is 35.9 Å². The Bertz CT molecular complexity index is 518. The van der Waals surface area contributed by atoms with Gasteiger partial charge < -0.3 is 20.4 Å². The summed E-state index contributed by atoms with van der Waals surface area (Å²) in [6, 6.07) is 10.3. The second-order valence-corrected chi connectivity index (χ2v) is 6.53. The lowest BCUT2D eigenvalue weighted by Crippen LogP contribution is -2.50. The highest BCUT2D eigenvalue weighted by Gasteiger charge is 2.46. The van der Waals surface area contributed by atoms with Crippen LogP contribution in [0.1, 0.15) is 24.8 Å². The summed E-state index contributed by atoms with van der Waals surface area (Å²) in [5.41, 5.74) is -0.0911. The van der Waals surface area contributed by atoms with Gasteiger partial charge in [-0.15, -0.1) is 0 Å². The number of aliphatic hydroxyl groups is 2. The van der Waals surface area contributed by atoms with Gasteiger partial charge in [0.15, 0.2) is 0 Å². The summed E-state index contributed by atoms with van der Waals surface area (Å²) in [6.45, 7) is 0.777. The number of hydrogen-bond acceptors (Lipinski definition) is 4. The van der Waals surface area contributed by atoms with Crippen LogP contribution >= 0.6 is 0 Å². The standard InChI is InChI=1S/C17H24N2O3/c20-15-10-19(12-17(15,22)11-18-14-7-8-14)16(21)9-6-13-4-2-1-3-5-13/h1-5,14-15,18,20,22H,6-12H2/t15-,17+/m1/s1. The Labute approximate surface area is 130 Å². The van der Waals surface area contributed by atoms with E-state index in [9.17, 15) is 15.0 Å². The molecule has 2 fully saturated rings. The Morgan fingerprint density at radius 2 is 2.05 bits per heavy atom. The molecule has 0 bridgehead atoms. The molecule has 1 aromatic carbocycles. The Kier molecular flexibility index (Phi) is 4.47. The van der Waals surface area contributed by atoms with Crippen LogP contribution in [0.3, 0.4) is 0 Å². The molecule has 1 saturated heterocycles. The minimum absolute atomic E-state index is 0.00903. The molecule has 1 amide bonds. The minimum Gasteiger partial charge on any atom is -0.388 e. The van der Waals surface area contributed by atoms with Crippen molar-refractivity contribution in [2.24, 2.45) is 0 Å². The first-order valence-corrected chi connectivity index (χ1v) is 8.02. The van der Waals surface area contributed by atoms with Crippen LogP contribution in [0.2, 0.25) is 0 Å². The minimum atomic E-state index is -1.22. The van der Waals surface area contributed by atoms with E-state index in [-0.39, 0.29) is 19.0 Å². The number of β-amino-alcohol motifs (C(OH)–C–C–N with tert-alkyl or cyclic N) is 2. The molecule has 0 aromatic heterocycles. The van der Waals surface area contributed by atoms with Crippen molar-refractivity contribution in [1.82, 2.24) is 10.2 Å². The highest BCUT2D eigenvalue weighted by molar-refractivity contribution is 5.77. The molecule has 2 atom stereocenters. The fourth-order valence-corrected chi connectivity index (χ4v) is 2.91. The number of nitrogens with zero attached hydrogens (tertiary/aromatic N) is 1. The van der Waals surface area contributed by atoms with Crippen LogP contribution in [0.15, 0.2) is 30.3 Å². The van der Waals surface area contributed by atoms with Crippen molar-refractivity contribution in [3.63, 3.8) is 0 Å². The maximum absolute atomic E-state index is 12.3. The molecule has 22 heavy (non-hydrogen) atoms. The number of likely N-dealkylation sites (tertiary alicyclic amines) is 1. The second kappa shape index (κ2) is 6.36. The Balaban J connectivity index is 1.50. The van der Waals surface area contributed by atoms with Crippen molar-refractivity contribution in [3.8, 4) is 0 Å². The molecule has 2 aliphatic rings. The first kappa shape index (κ1) is 15.5. The SMILES string of the molecule is O=C(CCc1ccccc1)N1C[C@@H](O)[C@](O)(CNC2CC2)C1. The van der Waals surface area contributed by atoms with Crippen LogP contribution < -0.4 is 5.32 Å². The van der Waals surface area contributed by atoms with Crippen molar-refractivity contribution in [1.29, 1.82) is 0 Å². The molecule has 3 N–H and O–H groups in total. The van der Waals surface area contributed by atoms with E-state index in [4.69, 9.17) is 0 Å². The van der Waals surface area contributed by atoms with Crippen LogP contribution in [-0.2, 0) is 11.2 Å². The van der Waals surface area contributed by atoms with Gasteiger partial charge in [0.1, 0.15) is 11.7 Å². The number of carbonyl (C=O) groups is 1. The van der Waals surface area contributed by atoms with E-state index >= 15 is 0 Å².